The third-order valence-electron chi connectivity index (χ3n) is 3.53. The molecule has 1 saturated heterocycles. The molecule has 1 aromatic carbocycles. The minimum Gasteiger partial charge on any atom is -0.444 e. The van der Waals surface area contributed by atoms with Crippen molar-refractivity contribution in [3.05, 3.63) is 29.8 Å². The van der Waals surface area contributed by atoms with Crippen molar-refractivity contribution in [2.45, 2.75) is 45.0 Å². The molecule has 0 radical (unpaired) electrons. The van der Waals surface area contributed by atoms with E-state index in [4.69, 9.17) is 4.74 Å². The Kier molecular flexibility index (Phi) is 4.77. The maximum absolute atomic E-state index is 12.5. The highest BCUT2D eigenvalue weighted by Crippen LogP contribution is 2.30. The summed E-state index contributed by atoms with van der Waals surface area (Å²) in [5, 5.41) is 3.06. The predicted molar refractivity (Wildman–Crippen MR) is 81.3 cm³/mol. The Morgan fingerprint density at radius 1 is 1.26 bits per heavy atom. The summed E-state index contributed by atoms with van der Waals surface area (Å²) < 4.78 is 42.8. The molecule has 0 aromatic heterocycles. The summed E-state index contributed by atoms with van der Waals surface area (Å²) in [5.74, 6) is 0. The monoisotopic (exact) mass is 330 g/mol. The largest absolute Gasteiger partial charge is 0.444 e. The number of likely N-dealkylation sites (tertiary alicyclic amines) is 1. The number of nitrogens with one attached hydrogen (secondary N) is 1. The molecule has 23 heavy (non-hydrogen) atoms. The lowest BCUT2D eigenvalue weighted by atomic mass is 10.0. The Morgan fingerprint density at radius 2 is 1.87 bits per heavy atom. The van der Waals surface area contributed by atoms with Crippen LogP contribution in [0, 0.1) is 0 Å². The third kappa shape index (κ3) is 4.77. The SMILES string of the molecule is CC(C)(C)OC(=O)N1CCC1CNc1ccc(C(F)(F)F)cc1. The number of alkyl halides is 3. The summed E-state index contributed by atoms with van der Waals surface area (Å²) in [4.78, 5) is 13.6. The van der Waals surface area contributed by atoms with E-state index in [1.165, 1.54) is 12.1 Å². The zero-order chi connectivity index (χ0) is 17.3. The van der Waals surface area contributed by atoms with Crippen molar-refractivity contribution in [2.75, 3.05) is 18.4 Å². The predicted octanol–water partition coefficient (Wildman–Crippen LogP) is 4.13. The number of carbonyl (C=O) groups excluding carboxylic acids is 1. The van der Waals surface area contributed by atoms with Crippen LogP contribution in [0.1, 0.15) is 32.8 Å². The Hall–Kier alpha value is -1.92. The average Bonchev–Trinajstić information content (AvgIpc) is 2.34. The molecule has 1 aliphatic heterocycles. The lowest BCUT2D eigenvalue weighted by Crippen LogP contribution is -2.55. The van der Waals surface area contributed by atoms with E-state index in [0.29, 0.717) is 18.8 Å². The molecule has 2 rings (SSSR count). The van der Waals surface area contributed by atoms with Crippen LogP contribution >= 0.6 is 0 Å². The molecule has 128 valence electrons. The second-order valence-electron chi connectivity index (χ2n) is 6.57. The molecule has 1 atom stereocenters. The number of halogens is 3. The molecule has 0 saturated carbocycles. The molecule has 1 heterocycles. The number of amides is 1. The van der Waals surface area contributed by atoms with Crippen molar-refractivity contribution >= 4 is 11.8 Å². The van der Waals surface area contributed by atoms with Gasteiger partial charge in [0.05, 0.1) is 11.6 Å². The molecule has 4 nitrogen and oxygen atoms in total. The molecule has 1 aromatic rings. The van der Waals surface area contributed by atoms with E-state index in [2.05, 4.69) is 5.32 Å². The quantitative estimate of drug-likeness (QED) is 0.906. The van der Waals surface area contributed by atoms with Gasteiger partial charge < -0.3 is 15.0 Å². The van der Waals surface area contributed by atoms with E-state index in [1.807, 2.05) is 0 Å². The van der Waals surface area contributed by atoms with E-state index in [9.17, 15) is 18.0 Å². The Balaban J connectivity index is 1.85. The molecule has 0 bridgehead atoms. The van der Waals surface area contributed by atoms with Gasteiger partial charge in [0.2, 0.25) is 0 Å². The summed E-state index contributed by atoms with van der Waals surface area (Å²) in [6.45, 7) is 6.53. The summed E-state index contributed by atoms with van der Waals surface area (Å²) in [6.07, 6.45) is -3.85. The molecule has 0 aliphatic carbocycles. The van der Waals surface area contributed by atoms with Crippen molar-refractivity contribution in [1.29, 1.82) is 0 Å². The van der Waals surface area contributed by atoms with Gasteiger partial charge in [0.15, 0.2) is 0 Å². The fourth-order valence-corrected chi connectivity index (χ4v) is 2.23. The van der Waals surface area contributed by atoms with E-state index in [1.54, 1.807) is 25.7 Å². The molecule has 1 amide bonds. The van der Waals surface area contributed by atoms with Gasteiger partial charge in [-0.15, -0.1) is 0 Å². The standard InChI is InChI=1S/C16H21F3N2O2/c1-15(2,3)23-14(22)21-9-8-13(21)10-20-12-6-4-11(5-7-12)16(17,18)19/h4-7,13,20H,8-10H2,1-3H3. The van der Waals surface area contributed by atoms with E-state index in [-0.39, 0.29) is 12.1 Å². The lowest BCUT2D eigenvalue weighted by molar-refractivity contribution is -0.137. The number of hydrogen-bond acceptors (Lipinski definition) is 3. The number of hydrogen-bond donors (Lipinski definition) is 1. The van der Waals surface area contributed by atoms with Crippen molar-refractivity contribution in [2.24, 2.45) is 0 Å². The van der Waals surface area contributed by atoms with Crippen LogP contribution < -0.4 is 5.32 Å². The highest BCUT2D eigenvalue weighted by molar-refractivity contribution is 5.69. The summed E-state index contributed by atoms with van der Waals surface area (Å²) >= 11 is 0. The van der Waals surface area contributed by atoms with E-state index >= 15 is 0 Å². The topological polar surface area (TPSA) is 41.6 Å². The molecular weight excluding hydrogens is 309 g/mol. The first-order valence-corrected chi connectivity index (χ1v) is 7.47. The van der Waals surface area contributed by atoms with Gasteiger partial charge in [-0.2, -0.15) is 13.2 Å². The van der Waals surface area contributed by atoms with Crippen LogP contribution in [0.4, 0.5) is 23.7 Å². The van der Waals surface area contributed by atoms with Gasteiger partial charge in [-0.3, -0.25) is 0 Å². The first-order chi connectivity index (χ1) is 10.6. The Bertz CT molecular complexity index is 550. The van der Waals surface area contributed by atoms with E-state index < -0.39 is 17.3 Å². The van der Waals surface area contributed by atoms with Gasteiger partial charge in [0.1, 0.15) is 5.60 Å². The lowest BCUT2D eigenvalue weighted by Gasteiger charge is -2.41. The highest BCUT2D eigenvalue weighted by Gasteiger charge is 2.35. The second-order valence-corrected chi connectivity index (χ2v) is 6.57. The number of rotatable bonds is 3. The summed E-state index contributed by atoms with van der Waals surface area (Å²) in [5.41, 5.74) is -0.631. The minimum atomic E-state index is -4.33. The smallest absolute Gasteiger partial charge is 0.416 e. The molecule has 1 fully saturated rings. The minimum absolute atomic E-state index is 0.00728. The fourth-order valence-electron chi connectivity index (χ4n) is 2.23. The van der Waals surface area contributed by atoms with Gasteiger partial charge in [-0.1, -0.05) is 0 Å². The van der Waals surface area contributed by atoms with Crippen molar-refractivity contribution < 1.29 is 22.7 Å². The molecule has 0 spiro atoms. The number of benzene rings is 1. The number of carbonyl (C=O) groups is 1. The van der Waals surface area contributed by atoms with E-state index in [0.717, 1.165) is 18.6 Å². The zero-order valence-electron chi connectivity index (χ0n) is 13.4. The maximum atomic E-state index is 12.5. The van der Waals surface area contributed by atoms with Gasteiger partial charge in [-0.25, -0.2) is 4.79 Å². The van der Waals surface area contributed by atoms with Crippen LogP contribution in [0.3, 0.4) is 0 Å². The number of anilines is 1. The first-order valence-electron chi connectivity index (χ1n) is 7.47. The molecule has 1 aliphatic rings. The first kappa shape index (κ1) is 17.4. The summed E-state index contributed by atoms with van der Waals surface area (Å²) in [6, 6.07) is 4.84. The zero-order valence-corrected chi connectivity index (χ0v) is 13.4. The third-order valence-corrected chi connectivity index (χ3v) is 3.53. The maximum Gasteiger partial charge on any atom is 0.416 e. The Morgan fingerprint density at radius 3 is 2.30 bits per heavy atom. The van der Waals surface area contributed by atoms with Gasteiger partial charge in [0.25, 0.3) is 0 Å². The van der Waals surface area contributed by atoms with Crippen molar-refractivity contribution in [1.82, 2.24) is 4.90 Å². The molecule has 1 N–H and O–H groups in total. The van der Waals surface area contributed by atoms with Gasteiger partial charge >= 0.3 is 12.3 Å². The molecular formula is C16H21F3N2O2. The Labute approximate surface area is 133 Å². The average molecular weight is 330 g/mol. The molecule has 7 heteroatoms. The highest BCUT2D eigenvalue weighted by atomic mass is 19.4. The van der Waals surface area contributed by atoms with Gasteiger partial charge in [0, 0.05) is 18.8 Å². The fraction of sp³-hybridized carbons (Fsp3) is 0.562. The number of nitrogens with zero attached hydrogens (tertiary/aromatic N) is 1. The van der Waals surface area contributed by atoms with Crippen LogP contribution in [-0.4, -0.2) is 35.7 Å². The van der Waals surface area contributed by atoms with Crippen molar-refractivity contribution in [3.63, 3.8) is 0 Å². The summed E-state index contributed by atoms with van der Waals surface area (Å²) in [7, 11) is 0. The second kappa shape index (κ2) is 6.29. The number of ether oxygens (including phenoxy) is 1. The van der Waals surface area contributed by atoms with Crippen LogP contribution in [0.15, 0.2) is 24.3 Å². The van der Waals surface area contributed by atoms with Crippen LogP contribution in [0.25, 0.3) is 0 Å². The van der Waals surface area contributed by atoms with Crippen molar-refractivity contribution in [3.8, 4) is 0 Å². The van der Waals surface area contributed by atoms with Crippen LogP contribution in [0.2, 0.25) is 0 Å². The normalized spacial score (nSPS) is 18.3. The van der Waals surface area contributed by atoms with Gasteiger partial charge in [-0.05, 0) is 51.5 Å². The van der Waals surface area contributed by atoms with Crippen LogP contribution in [-0.2, 0) is 10.9 Å². The molecule has 1 unspecified atom stereocenters. The van der Waals surface area contributed by atoms with Crippen LogP contribution in [0.5, 0.6) is 0 Å².